The lowest BCUT2D eigenvalue weighted by molar-refractivity contribution is -0.132. The van der Waals surface area contributed by atoms with Crippen molar-refractivity contribution < 1.29 is 4.79 Å². The van der Waals surface area contributed by atoms with E-state index >= 15 is 0 Å². The number of hydrogen-bond acceptors (Lipinski definition) is 3. The molecular formula is C14H21N3O. The maximum absolute atomic E-state index is 12.3. The number of benzene rings is 1. The number of nitrogens with zero attached hydrogens (tertiary/aromatic N) is 1. The van der Waals surface area contributed by atoms with Gasteiger partial charge in [-0.2, -0.15) is 0 Å². The van der Waals surface area contributed by atoms with E-state index in [0.717, 1.165) is 38.2 Å². The van der Waals surface area contributed by atoms with Crippen molar-refractivity contribution in [3.8, 4) is 0 Å². The molecule has 1 unspecified atom stereocenters. The van der Waals surface area contributed by atoms with Gasteiger partial charge in [0.25, 0.3) is 0 Å². The molecule has 98 valence electrons. The topological polar surface area (TPSA) is 58.4 Å². The Morgan fingerprint density at radius 1 is 1.28 bits per heavy atom. The van der Waals surface area contributed by atoms with Gasteiger partial charge in [0.15, 0.2) is 0 Å². The number of amides is 1. The highest BCUT2D eigenvalue weighted by atomic mass is 16.2. The molecule has 1 aromatic rings. The number of aryl methyl sites for hydroxylation is 1. The van der Waals surface area contributed by atoms with Crippen molar-refractivity contribution in [3.63, 3.8) is 0 Å². The van der Waals surface area contributed by atoms with Gasteiger partial charge in [-0.1, -0.05) is 29.8 Å². The summed E-state index contributed by atoms with van der Waals surface area (Å²) < 4.78 is 0. The van der Waals surface area contributed by atoms with Gasteiger partial charge in [0.2, 0.25) is 5.91 Å². The van der Waals surface area contributed by atoms with Crippen LogP contribution in [0.4, 0.5) is 0 Å². The van der Waals surface area contributed by atoms with E-state index in [-0.39, 0.29) is 5.91 Å². The van der Waals surface area contributed by atoms with Crippen LogP contribution >= 0.6 is 0 Å². The Balaban J connectivity index is 2.05. The van der Waals surface area contributed by atoms with Gasteiger partial charge in [0.05, 0.1) is 0 Å². The van der Waals surface area contributed by atoms with Crippen LogP contribution < -0.4 is 11.1 Å². The molecule has 4 heteroatoms. The molecule has 1 aliphatic heterocycles. The molecule has 3 N–H and O–H groups in total. The largest absolute Gasteiger partial charge is 0.340 e. The predicted octanol–water partition coefficient (Wildman–Crippen LogP) is 0.817. The number of nitrogens with one attached hydrogen (secondary N) is 1. The van der Waals surface area contributed by atoms with E-state index in [9.17, 15) is 4.79 Å². The summed E-state index contributed by atoms with van der Waals surface area (Å²) in [4.78, 5) is 14.2. The molecule has 0 aliphatic carbocycles. The first-order chi connectivity index (χ1) is 8.68. The van der Waals surface area contributed by atoms with Gasteiger partial charge in [0.1, 0.15) is 6.04 Å². The monoisotopic (exact) mass is 247 g/mol. The smallest absolute Gasteiger partial charge is 0.244 e. The molecule has 0 radical (unpaired) electrons. The Bertz CT molecular complexity index is 394. The minimum absolute atomic E-state index is 0.0301. The van der Waals surface area contributed by atoms with Crippen LogP contribution in [0, 0.1) is 6.92 Å². The average Bonchev–Trinajstić information content (AvgIpc) is 2.67. The zero-order valence-corrected chi connectivity index (χ0v) is 10.9. The third kappa shape index (κ3) is 3.09. The van der Waals surface area contributed by atoms with Crippen molar-refractivity contribution in [2.24, 2.45) is 5.73 Å². The molecule has 2 rings (SSSR count). The molecule has 0 aromatic heterocycles. The standard InChI is InChI=1S/C14H21N3O/c1-11-3-5-12(6-4-11)13(15)14(18)17-9-2-7-16-8-10-17/h3-6,13,16H,2,7-10,15H2,1H3. The quantitative estimate of drug-likeness (QED) is 0.813. The first kappa shape index (κ1) is 13.1. The molecule has 1 fully saturated rings. The average molecular weight is 247 g/mol. The third-order valence-corrected chi connectivity index (χ3v) is 3.35. The molecule has 18 heavy (non-hydrogen) atoms. The highest BCUT2D eigenvalue weighted by Gasteiger charge is 2.22. The lowest BCUT2D eigenvalue weighted by atomic mass is 10.0. The Labute approximate surface area is 108 Å². The zero-order chi connectivity index (χ0) is 13.0. The van der Waals surface area contributed by atoms with Gasteiger partial charge >= 0.3 is 0 Å². The molecule has 1 atom stereocenters. The molecule has 4 nitrogen and oxygen atoms in total. The van der Waals surface area contributed by atoms with E-state index in [0.29, 0.717) is 0 Å². The Hall–Kier alpha value is -1.39. The molecule has 0 bridgehead atoms. The van der Waals surface area contributed by atoms with Gasteiger partial charge in [-0.3, -0.25) is 4.79 Å². The lowest BCUT2D eigenvalue weighted by Gasteiger charge is -2.24. The Morgan fingerprint density at radius 2 is 2.00 bits per heavy atom. The van der Waals surface area contributed by atoms with Gasteiger partial charge in [-0.05, 0) is 25.5 Å². The number of carbonyl (C=O) groups excluding carboxylic acids is 1. The van der Waals surface area contributed by atoms with E-state index in [2.05, 4.69) is 5.32 Å². The summed E-state index contributed by atoms with van der Waals surface area (Å²) in [5.41, 5.74) is 8.13. The molecule has 0 saturated carbocycles. The molecule has 1 saturated heterocycles. The van der Waals surface area contributed by atoms with E-state index < -0.39 is 6.04 Å². The van der Waals surface area contributed by atoms with Gasteiger partial charge in [-0.15, -0.1) is 0 Å². The fraction of sp³-hybridized carbons (Fsp3) is 0.500. The second kappa shape index (κ2) is 5.98. The normalized spacial score (nSPS) is 18.2. The molecule has 1 aliphatic rings. The van der Waals surface area contributed by atoms with Crippen LogP contribution in [0.15, 0.2) is 24.3 Å². The minimum Gasteiger partial charge on any atom is -0.340 e. The summed E-state index contributed by atoms with van der Waals surface area (Å²) >= 11 is 0. The number of hydrogen-bond donors (Lipinski definition) is 2. The molecule has 1 heterocycles. The van der Waals surface area contributed by atoms with E-state index in [1.165, 1.54) is 5.56 Å². The van der Waals surface area contributed by atoms with Crippen molar-refractivity contribution in [2.45, 2.75) is 19.4 Å². The van der Waals surface area contributed by atoms with Crippen molar-refractivity contribution >= 4 is 5.91 Å². The summed E-state index contributed by atoms with van der Waals surface area (Å²) in [6.45, 7) is 5.40. The van der Waals surface area contributed by atoms with E-state index in [1.807, 2.05) is 36.1 Å². The molecule has 1 amide bonds. The fourth-order valence-electron chi connectivity index (χ4n) is 2.18. The van der Waals surface area contributed by atoms with Crippen LogP contribution in [0.3, 0.4) is 0 Å². The highest BCUT2D eigenvalue weighted by molar-refractivity contribution is 5.83. The van der Waals surface area contributed by atoms with Crippen LogP contribution in [0.5, 0.6) is 0 Å². The first-order valence-electron chi connectivity index (χ1n) is 6.50. The van der Waals surface area contributed by atoms with Crippen molar-refractivity contribution in [3.05, 3.63) is 35.4 Å². The van der Waals surface area contributed by atoms with Crippen LogP contribution in [-0.4, -0.2) is 37.0 Å². The summed E-state index contributed by atoms with van der Waals surface area (Å²) in [5, 5.41) is 3.28. The van der Waals surface area contributed by atoms with Gasteiger partial charge < -0.3 is 16.0 Å². The summed E-state index contributed by atoms with van der Waals surface area (Å²) in [5.74, 6) is 0.0301. The Kier molecular flexibility index (Phi) is 4.33. The van der Waals surface area contributed by atoms with E-state index in [4.69, 9.17) is 5.73 Å². The van der Waals surface area contributed by atoms with Crippen molar-refractivity contribution in [2.75, 3.05) is 26.2 Å². The highest BCUT2D eigenvalue weighted by Crippen LogP contribution is 2.14. The van der Waals surface area contributed by atoms with Gasteiger partial charge in [0, 0.05) is 19.6 Å². The zero-order valence-electron chi connectivity index (χ0n) is 10.9. The summed E-state index contributed by atoms with van der Waals surface area (Å²) in [7, 11) is 0. The fourth-order valence-corrected chi connectivity index (χ4v) is 2.18. The molecule has 0 spiro atoms. The predicted molar refractivity (Wildman–Crippen MR) is 72.2 cm³/mol. The Morgan fingerprint density at radius 3 is 2.72 bits per heavy atom. The number of nitrogens with two attached hydrogens (primary N) is 1. The number of rotatable bonds is 2. The van der Waals surface area contributed by atoms with Gasteiger partial charge in [-0.25, -0.2) is 0 Å². The van der Waals surface area contributed by atoms with Crippen LogP contribution in [0.1, 0.15) is 23.6 Å². The minimum atomic E-state index is -0.538. The van der Waals surface area contributed by atoms with Crippen LogP contribution in [0.25, 0.3) is 0 Å². The van der Waals surface area contributed by atoms with Crippen molar-refractivity contribution in [1.82, 2.24) is 10.2 Å². The number of carbonyl (C=O) groups is 1. The van der Waals surface area contributed by atoms with Crippen LogP contribution in [0.2, 0.25) is 0 Å². The first-order valence-corrected chi connectivity index (χ1v) is 6.50. The maximum atomic E-state index is 12.3. The summed E-state index contributed by atoms with van der Waals surface area (Å²) in [6.07, 6.45) is 0.992. The third-order valence-electron chi connectivity index (χ3n) is 3.35. The van der Waals surface area contributed by atoms with Crippen LogP contribution in [-0.2, 0) is 4.79 Å². The lowest BCUT2D eigenvalue weighted by Crippen LogP contribution is -2.40. The van der Waals surface area contributed by atoms with E-state index in [1.54, 1.807) is 0 Å². The maximum Gasteiger partial charge on any atom is 0.244 e. The van der Waals surface area contributed by atoms with Crippen molar-refractivity contribution in [1.29, 1.82) is 0 Å². The molecule has 1 aromatic carbocycles. The second-order valence-corrected chi connectivity index (χ2v) is 4.82. The molecular weight excluding hydrogens is 226 g/mol. The second-order valence-electron chi connectivity index (χ2n) is 4.82. The SMILES string of the molecule is Cc1ccc(C(N)C(=O)N2CCCNCC2)cc1. The summed E-state index contributed by atoms with van der Waals surface area (Å²) in [6, 6.07) is 7.32.